The number of aromatic nitrogens is 3. The Morgan fingerprint density at radius 1 is 1.29 bits per heavy atom. The van der Waals surface area contributed by atoms with Gasteiger partial charge in [-0.05, 0) is 50.7 Å². The minimum Gasteiger partial charge on any atom is -0.339 e. The van der Waals surface area contributed by atoms with E-state index in [0.29, 0.717) is 18.2 Å². The summed E-state index contributed by atoms with van der Waals surface area (Å²) in [5, 5.41) is 4.13. The van der Waals surface area contributed by atoms with Crippen molar-refractivity contribution in [2.24, 2.45) is 0 Å². The van der Waals surface area contributed by atoms with Gasteiger partial charge >= 0.3 is 0 Å². The fourth-order valence-corrected chi connectivity index (χ4v) is 3.32. The lowest BCUT2D eigenvalue weighted by atomic mass is 10.1. The van der Waals surface area contributed by atoms with Crippen LogP contribution in [0.3, 0.4) is 0 Å². The second-order valence-electron chi connectivity index (χ2n) is 6.68. The van der Waals surface area contributed by atoms with Crippen LogP contribution in [0.25, 0.3) is 0 Å². The van der Waals surface area contributed by atoms with Crippen LogP contribution in [-0.2, 0) is 11.2 Å². The summed E-state index contributed by atoms with van der Waals surface area (Å²) < 4.78 is 5.36. The minimum absolute atomic E-state index is 0.0106. The van der Waals surface area contributed by atoms with Crippen molar-refractivity contribution in [3.8, 4) is 0 Å². The predicted molar refractivity (Wildman–Crippen MR) is 87.1 cm³/mol. The molecule has 6 heteroatoms. The van der Waals surface area contributed by atoms with E-state index in [1.807, 2.05) is 23.1 Å². The zero-order valence-corrected chi connectivity index (χ0v) is 13.7. The summed E-state index contributed by atoms with van der Waals surface area (Å²) in [5.74, 6) is 2.08. The number of amides is 1. The van der Waals surface area contributed by atoms with Crippen LogP contribution < -0.4 is 0 Å². The van der Waals surface area contributed by atoms with E-state index in [-0.39, 0.29) is 11.9 Å². The standard InChI is InChI=1S/C18H22N4O2/c23-16(8-3-6-14-5-1-2-11-19-14)22-12-4-7-15(22)17-20-18(24-21-17)13-9-10-13/h1-2,5,11,13,15H,3-4,6-10,12H2/t15-/m0/s1. The fraction of sp³-hybridized carbons (Fsp3) is 0.556. The summed E-state index contributed by atoms with van der Waals surface area (Å²) in [6.07, 6.45) is 8.20. The quantitative estimate of drug-likeness (QED) is 0.816. The van der Waals surface area contributed by atoms with E-state index in [9.17, 15) is 4.79 Å². The van der Waals surface area contributed by atoms with E-state index < -0.39 is 0 Å². The highest BCUT2D eigenvalue weighted by molar-refractivity contribution is 5.76. The first-order chi connectivity index (χ1) is 11.8. The summed E-state index contributed by atoms with van der Waals surface area (Å²) in [7, 11) is 0. The third-order valence-electron chi connectivity index (χ3n) is 4.80. The molecule has 2 aromatic rings. The number of aryl methyl sites for hydroxylation is 1. The average Bonchev–Trinajstić information content (AvgIpc) is 3.14. The van der Waals surface area contributed by atoms with Crippen LogP contribution in [0, 0.1) is 0 Å². The molecular weight excluding hydrogens is 304 g/mol. The summed E-state index contributed by atoms with van der Waals surface area (Å²) >= 11 is 0. The van der Waals surface area contributed by atoms with Gasteiger partial charge in [-0.3, -0.25) is 9.78 Å². The van der Waals surface area contributed by atoms with Gasteiger partial charge < -0.3 is 9.42 Å². The number of carbonyl (C=O) groups excluding carboxylic acids is 1. The first-order valence-electron chi connectivity index (χ1n) is 8.84. The van der Waals surface area contributed by atoms with Crippen molar-refractivity contribution < 1.29 is 9.32 Å². The van der Waals surface area contributed by atoms with E-state index in [2.05, 4.69) is 15.1 Å². The molecule has 1 amide bonds. The van der Waals surface area contributed by atoms with Crippen molar-refractivity contribution >= 4 is 5.91 Å². The first kappa shape index (κ1) is 15.3. The summed E-state index contributed by atoms with van der Waals surface area (Å²) in [5.41, 5.74) is 1.04. The molecule has 1 saturated heterocycles. The molecule has 1 atom stereocenters. The Kier molecular flexibility index (Phi) is 4.28. The summed E-state index contributed by atoms with van der Waals surface area (Å²) in [4.78, 5) is 23.4. The van der Waals surface area contributed by atoms with Crippen LogP contribution in [0.5, 0.6) is 0 Å². The van der Waals surface area contributed by atoms with E-state index in [4.69, 9.17) is 4.52 Å². The molecule has 2 fully saturated rings. The topological polar surface area (TPSA) is 72.1 Å². The second kappa shape index (κ2) is 6.71. The molecule has 1 aliphatic carbocycles. The number of carbonyl (C=O) groups is 1. The molecule has 1 aliphatic heterocycles. The summed E-state index contributed by atoms with van der Waals surface area (Å²) in [6, 6.07) is 5.88. The maximum Gasteiger partial charge on any atom is 0.229 e. The molecule has 0 spiro atoms. The van der Waals surface area contributed by atoms with Gasteiger partial charge in [-0.15, -0.1) is 0 Å². The van der Waals surface area contributed by atoms with Crippen LogP contribution in [0.15, 0.2) is 28.9 Å². The van der Waals surface area contributed by atoms with E-state index in [0.717, 1.165) is 56.7 Å². The molecule has 4 rings (SSSR count). The molecule has 126 valence electrons. The van der Waals surface area contributed by atoms with Gasteiger partial charge in [0, 0.05) is 30.8 Å². The monoisotopic (exact) mass is 326 g/mol. The smallest absolute Gasteiger partial charge is 0.229 e. The number of hydrogen-bond donors (Lipinski definition) is 0. The van der Waals surface area contributed by atoms with Gasteiger partial charge in [-0.1, -0.05) is 11.2 Å². The second-order valence-corrected chi connectivity index (χ2v) is 6.68. The third kappa shape index (κ3) is 3.32. The summed E-state index contributed by atoms with van der Waals surface area (Å²) in [6.45, 7) is 0.792. The van der Waals surface area contributed by atoms with Gasteiger partial charge in [-0.2, -0.15) is 4.98 Å². The van der Waals surface area contributed by atoms with E-state index >= 15 is 0 Å². The Bertz CT molecular complexity index is 696. The first-order valence-corrected chi connectivity index (χ1v) is 8.84. The maximum absolute atomic E-state index is 12.6. The zero-order chi connectivity index (χ0) is 16.4. The van der Waals surface area contributed by atoms with Crippen LogP contribution in [0.4, 0.5) is 0 Å². The molecule has 3 heterocycles. The number of rotatable bonds is 6. The van der Waals surface area contributed by atoms with Crippen LogP contribution in [-0.4, -0.2) is 32.5 Å². The largest absolute Gasteiger partial charge is 0.339 e. The third-order valence-corrected chi connectivity index (χ3v) is 4.80. The molecular formula is C18H22N4O2. The molecule has 0 N–H and O–H groups in total. The van der Waals surface area contributed by atoms with Gasteiger partial charge in [-0.25, -0.2) is 0 Å². The highest BCUT2D eigenvalue weighted by Crippen LogP contribution is 2.40. The van der Waals surface area contributed by atoms with Crippen LogP contribution in [0.1, 0.15) is 67.9 Å². The molecule has 0 unspecified atom stereocenters. The zero-order valence-electron chi connectivity index (χ0n) is 13.7. The molecule has 1 saturated carbocycles. The Hall–Kier alpha value is -2.24. The SMILES string of the molecule is O=C(CCCc1ccccn1)N1CCC[C@H]1c1noc(C2CC2)n1. The molecule has 0 radical (unpaired) electrons. The fourth-order valence-electron chi connectivity index (χ4n) is 3.32. The molecule has 2 aliphatic rings. The maximum atomic E-state index is 12.6. The van der Waals surface area contributed by atoms with Gasteiger partial charge in [0.05, 0.1) is 6.04 Å². The molecule has 0 bridgehead atoms. The number of likely N-dealkylation sites (tertiary alicyclic amines) is 1. The number of nitrogens with zero attached hydrogens (tertiary/aromatic N) is 4. The Morgan fingerprint density at radius 2 is 2.21 bits per heavy atom. The Balaban J connectivity index is 1.34. The van der Waals surface area contributed by atoms with Crippen molar-refractivity contribution in [3.05, 3.63) is 41.8 Å². The predicted octanol–water partition coefficient (Wildman–Crippen LogP) is 3.03. The van der Waals surface area contributed by atoms with Gasteiger partial charge in [0.25, 0.3) is 0 Å². The number of hydrogen-bond acceptors (Lipinski definition) is 5. The number of pyridine rings is 1. The lowest BCUT2D eigenvalue weighted by molar-refractivity contribution is -0.132. The van der Waals surface area contributed by atoms with E-state index in [1.165, 1.54) is 0 Å². The van der Waals surface area contributed by atoms with Gasteiger partial charge in [0.2, 0.25) is 11.8 Å². The van der Waals surface area contributed by atoms with Crippen molar-refractivity contribution in [2.75, 3.05) is 6.54 Å². The van der Waals surface area contributed by atoms with Crippen molar-refractivity contribution in [2.45, 2.75) is 56.9 Å². The van der Waals surface area contributed by atoms with Gasteiger partial charge in [0.15, 0.2) is 5.82 Å². The highest BCUT2D eigenvalue weighted by Gasteiger charge is 2.35. The van der Waals surface area contributed by atoms with Crippen molar-refractivity contribution in [1.29, 1.82) is 0 Å². The lowest BCUT2D eigenvalue weighted by Crippen LogP contribution is -2.31. The van der Waals surface area contributed by atoms with Gasteiger partial charge in [0.1, 0.15) is 0 Å². The molecule has 0 aromatic carbocycles. The Labute approximate surface area is 141 Å². The normalized spacial score (nSPS) is 20.5. The molecule has 2 aromatic heterocycles. The Morgan fingerprint density at radius 3 is 3.00 bits per heavy atom. The van der Waals surface area contributed by atoms with Crippen LogP contribution >= 0.6 is 0 Å². The molecule has 24 heavy (non-hydrogen) atoms. The average molecular weight is 326 g/mol. The highest BCUT2D eigenvalue weighted by atomic mass is 16.5. The minimum atomic E-state index is -0.0106. The lowest BCUT2D eigenvalue weighted by Gasteiger charge is -2.22. The van der Waals surface area contributed by atoms with Crippen molar-refractivity contribution in [1.82, 2.24) is 20.0 Å². The van der Waals surface area contributed by atoms with Crippen molar-refractivity contribution in [3.63, 3.8) is 0 Å². The van der Waals surface area contributed by atoms with E-state index in [1.54, 1.807) is 6.20 Å². The molecule has 6 nitrogen and oxygen atoms in total. The van der Waals surface area contributed by atoms with Crippen LogP contribution in [0.2, 0.25) is 0 Å².